The third-order valence-corrected chi connectivity index (χ3v) is 4.56. The largest absolute Gasteiger partial charge is 0.492 e. The SMILES string of the molecule is BrCC(Br)COc1ccc2ccccc2c1. The summed E-state index contributed by atoms with van der Waals surface area (Å²) < 4.78 is 5.69. The van der Waals surface area contributed by atoms with Crippen molar-refractivity contribution in [3.63, 3.8) is 0 Å². The van der Waals surface area contributed by atoms with E-state index >= 15 is 0 Å². The predicted molar refractivity (Wildman–Crippen MR) is 76.0 cm³/mol. The molecule has 1 unspecified atom stereocenters. The van der Waals surface area contributed by atoms with Crippen LogP contribution in [-0.2, 0) is 0 Å². The Bertz CT molecular complexity index is 470. The van der Waals surface area contributed by atoms with Gasteiger partial charge in [-0.05, 0) is 22.9 Å². The van der Waals surface area contributed by atoms with Crippen molar-refractivity contribution in [2.75, 3.05) is 11.9 Å². The minimum absolute atomic E-state index is 0.346. The number of halogens is 2. The summed E-state index contributed by atoms with van der Waals surface area (Å²) >= 11 is 6.91. The molecule has 1 nitrogen and oxygen atoms in total. The van der Waals surface area contributed by atoms with Crippen LogP contribution in [0.5, 0.6) is 5.75 Å². The second-order valence-corrected chi connectivity index (χ2v) is 5.51. The average Bonchev–Trinajstić information content (AvgIpc) is 2.35. The van der Waals surface area contributed by atoms with Gasteiger partial charge in [0.25, 0.3) is 0 Å². The molecule has 2 rings (SSSR count). The van der Waals surface area contributed by atoms with Crippen molar-refractivity contribution in [3.8, 4) is 5.75 Å². The molecule has 0 N–H and O–H groups in total. The van der Waals surface area contributed by atoms with Crippen molar-refractivity contribution >= 4 is 42.6 Å². The quantitative estimate of drug-likeness (QED) is 0.749. The van der Waals surface area contributed by atoms with Gasteiger partial charge in [-0.2, -0.15) is 0 Å². The summed E-state index contributed by atoms with van der Waals surface area (Å²) in [5.74, 6) is 0.920. The summed E-state index contributed by atoms with van der Waals surface area (Å²) in [4.78, 5) is 0.346. The minimum Gasteiger partial charge on any atom is -0.492 e. The van der Waals surface area contributed by atoms with Crippen molar-refractivity contribution in [3.05, 3.63) is 42.5 Å². The first kappa shape index (κ1) is 11.9. The maximum Gasteiger partial charge on any atom is 0.119 e. The van der Waals surface area contributed by atoms with Crippen LogP contribution in [0, 0.1) is 0 Å². The lowest BCUT2D eigenvalue weighted by molar-refractivity contribution is 0.326. The van der Waals surface area contributed by atoms with Crippen molar-refractivity contribution < 1.29 is 4.74 Å². The first-order valence-electron chi connectivity index (χ1n) is 5.11. The van der Waals surface area contributed by atoms with E-state index in [2.05, 4.69) is 56.1 Å². The molecule has 0 radical (unpaired) electrons. The molecule has 1 atom stereocenters. The molecule has 0 saturated heterocycles. The van der Waals surface area contributed by atoms with Gasteiger partial charge < -0.3 is 4.74 Å². The fourth-order valence-corrected chi connectivity index (χ4v) is 1.81. The maximum absolute atomic E-state index is 5.69. The number of fused-ring (bicyclic) bond motifs is 1. The zero-order chi connectivity index (χ0) is 11.4. The van der Waals surface area contributed by atoms with Crippen LogP contribution in [0.1, 0.15) is 0 Å². The van der Waals surface area contributed by atoms with Gasteiger partial charge in [0.2, 0.25) is 0 Å². The van der Waals surface area contributed by atoms with Gasteiger partial charge in [-0.1, -0.05) is 62.2 Å². The van der Waals surface area contributed by atoms with Crippen molar-refractivity contribution in [1.82, 2.24) is 0 Å². The Morgan fingerprint density at radius 2 is 1.81 bits per heavy atom. The number of rotatable bonds is 4. The van der Waals surface area contributed by atoms with Gasteiger partial charge in [-0.15, -0.1) is 0 Å². The Kier molecular flexibility index (Phi) is 4.24. The molecular formula is C13H12Br2O. The molecule has 0 fully saturated rings. The third kappa shape index (κ3) is 2.98. The highest BCUT2D eigenvalue weighted by atomic mass is 79.9. The lowest BCUT2D eigenvalue weighted by Crippen LogP contribution is -2.12. The fraction of sp³-hybridized carbons (Fsp3) is 0.231. The van der Waals surface area contributed by atoms with Crippen LogP contribution >= 0.6 is 31.9 Å². The molecular weight excluding hydrogens is 332 g/mol. The van der Waals surface area contributed by atoms with E-state index in [1.807, 2.05) is 18.2 Å². The van der Waals surface area contributed by atoms with Crippen LogP contribution in [0.15, 0.2) is 42.5 Å². The zero-order valence-corrected chi connectivity index (χ0v) is 11.9. The molecule has 0 aromatic heterocycles. The number of benzene rings is 2. The molecule has 0 spiro atoms. The van der Waals surface area contributed by atoms with Gasteiger partial charge in [0, 0.05) is 5.33 Å². The highest BCUT2D eigenvalue weighted by molar-refractivity contribution is 9.12. The van der Waals surface area contributed by atoms with Crippen LogP contribution in [0.2, 0.25) is 0 Å². The molecule has 0 aliphatic carbocycles. The Hall–Kier alpha value is -0.540. The summed E-state index contributed by atoms with van der Waals surface area (Å²) in [7, 11) is 0. The van der Waals surface area contributed by atoms with Gasteiger partial charge in [-0.25, -0.2) is 0 Å². The molecule has 0 amide bonds. The molecule has 84 valence electrons. The standard InChI is InChI=1S/C13H12Br2O/c14-8-12(15)9-16-13-6-5-10-3-1-2-4-11(10)7-13/h1-7,12H,8-9H2. The first-order valence-corrected chi connectivity index (χ1v) is 7.15. The van der Waals surface area contributed by atoms with Crippen LogP contribution in [-0.4, -0.2) is 16.8 Å². The summed E-state index contributed by atoms with van der Waals surface area (Å²) in [5.41, 5.74) is 0. The lowest BCUT2D eigenvalue weighted by Gasteiger charge is -2.09. The monoisotopic (exact) mass is 342 g/mol. The Morgan fingerprint density at radius 1 is 1.06 bits per heavy atom. The smallest absolute Gasteiger partial charge is 0.119 e. The lowest BCUT2D eigenvalue weighted by atomic mass is 10.1. The average molecular weight is 344 g/mol. The predicted octanol–water partition coefficient (Wildman–Crippen LogP) is 4.38. The van der Waals surface area contributed by atoms with Crippen molar-refractivity contribution in [2.45, 2.75) is 4.83 Å². The molecule has 0 aliphatic heterocycles. The first-order chi connectivity index (χ1) is 7.79. The van der Waals surface area contributed by atoms with Gasteiger partial charge in [0.1, 0.15) is 12.4 Å². The summed E-state index contributed by atoms with van der Waals surface area (Å²) in [6.45, 7) is 0.670. The molecule has 0 saturated carbocycles. The van der Waals surface area contributed by atoms with E-state index in [0.717, 1.165) is 11.1 Å². The molecule has 2 aromatic rings. The Morgan fingerprint density at radius 3 is 2.56 bits per heavy atom. The van der Waals surface area contributed by atoms with Gasteiger partial charge in [-0.3, -0.25) is 0 Å². The van der Waals surface area contributed by atoms with Crippen molar-refractivity contribution in [2.24, 2.45) is 0 Å². The highest BCUT2D eigenvalue weighted by Gasteiger charge is 2.03. The van der Waals surface area contributed by atoms with E-state index in [4.69, 9.17) is 4.74 Å². The molecule has 16 heavy (non-hydrogen) atoms. The summed E-state index contributed by atoms with van der Waals surface area (Å²) in [6.07, 6.45) is 0. The maximum atomic E-state index is 5.69. The number of ether oxygens (including phenoxy) is 1. The third-order valence-electron chi connectivity index (χ3n) is 2.32. The normalized spacial score (nSPS) is 12.6. The highest BCUT2D eigenvalue weighted by Crippen LogP contribution is 2.21. The van der Waals surface area contributed by atoms with E-state index < -0.39 is 0 Å². The molecule has 0 bridgehead atoms. The van der Waals surface area contributed by atoms with E-state index in [0.29, 0.717) is 11.4 Å². The number of hydrogen-bond acceptors (Lipinski definition) is 1. The van der Waals surface area contributed by atoms with Gasteiger partial charge in [0.15, 0.2) is 0 Å². The second kappa shape index (κ2) is 5.69. The molecule has 0 aliphatic rings. The van der Waals surface area contributed by atoms with Crippen molar-refractivity contribution in [1.29, 1.82) is 0 Å². The Balaban J connectivity index is 2.13. The molecule has 3 heteroatoms. The van der Waals surface area contributed by atoms with E-state index in [1.54, 1.807) is 0 Å². The zero-order valence-electron chi connectivity index (χ0n) is 8.70. The van der Waals surface area contributed by atoms with Crippen LogP contribution in [0.25, 0.3) is 10.8 Å². The fourth-order valence-electron chi connectivity index (χ4n) is 1.49. The summed E-state index contributed by atoms with van der Waals surface area (Å²) in [5, 5.41) is 3.34. The van der Waals surface area contributed by atoms with Gasteiger partial charge >= 0.3 is 0 Å². The van der Waals surface area contributed by atoms with E-state index in [-0.39, 0.29) is 0 Å². The van der Waals surface area contributed by atoms with Gasteiger partial charge in [0.05, 0.1) is 4.83 Å². The van der Waals surface area contributed by atoms with E-state index in [1.165, 1.54) is 10.8 Å². The topological polar surface area (TPSA) is 9.23 Å². The van der Waals surface area contributed by atoms with Crippen LogP contribution < -0.4 is 4.74 Å². The summed E-state index contributed by atoms with van der Waals surface area (Å²) in [6, 6.07) is 14.4. The molecule has 0 heterocycles. The van der Waals surface area contributed by atoms with E-state index in [9.17, 15) is 0 Å². The minimum atomic E-state index is 0.346. The Labute approximate surface area is 112 Å². The number of hydrogen-bond donors (Lipinski definition) is 0. The van der Waals surface area contributed by atoms with Crippen LogP contribution in [0.3, 0.4) is 0 Å². The second-order valence-electron chi connectivity index (χ2n) is 3.57. The number of alkyl halides is 2. The molecule has 2 aromatic carbocycles. The van der Waals surface area contributed by atoms with Crippen LogP contribution in [0.4, 0.5) is 0 Å².